The molecule has 1 aromatic rings. The number of carbonyl (C=O) groups excluding carboxylic acids is 2. The highest BCUT2D eigenvalue weighted by atomic mass is 16.6. The summed E-state index contributed by atoms with van der Waals surface area (Å²) >= 11 is 0. The zero-order chi connectivity index (χ0) is 19.6. The Morgan fingerprint density at radius 1 is 1.22 bits per heavy atom. The monoisotopic (exact) mass is 376 g/mol. The van der Waals surface area contributed by atoms with Crippen molar-refractivity contribution >= 4 is 23.7 Å². The van der Waals surface area contributed by atoms with Gasteiger partial charge in [-0.15, -0.1) is 0 Å². The Labute approximate surface area is 157 Å². The van der Waals surface area contributed by atoms with Crippen molar-refractivity contribution in [3.63, 3.8) is 0 Å². The van der Waals surface area contributed by atoms with Crippen LogP contribution in [0.3, 0.4) is 0 Å². The van der Waals surface area contributed by atoms with E-state index >= 15 is 0 Å². The van der Waals surface area contributed by atoms with Crippen LogP contribution >= 0.6 is 0 Å². The average molecular weight is 376 g/mol. The maximum Gasteiger partial charge on any atom is 0.415 e. The van der Waals surface area contributed by atoms with Gasteiger partial charge in [0.25, 0.3) is 5.91 Å². The van der Waals surface area contributed by atoms with Crippen molar-refractivity contribution in [1.82, 2.24) is 9.80 Å². The third-order valence-electron chi connectivity index (χ3n) is 5.10. The molecule has 0 aliphatic carbocycles. The second kappa shape index (κ2) is 7.93. The number of carbonyl (C=O) groups is 3. The summed E-state index contributed by atoms with van der Waals surface area (Å²) in [4.78, 5) is 40.8. The van der Waals surface area contributed by atoms with Gasteiger partial charge >= 0.3 is 12.1 Å². The van der Waals surface area contributed by atoms with Gasteiger partial charge in [0, 0.05) is 38.4 Å². The Balaban J connectivity index is 1.58. The minimum atomic E-state index is -0.879. The Hall–Kier alpha value is -2.65. The molecule has 0 saturated carbocycles. The molecule has 0 bridgehead atoms. The van der Waals surface area contributed by atoms with Gasteiger partial charge in [-0.25, -0.2) is 4.79 Å². The standard InChI is InChI=1S/C18H24N4O5/c1-12(17(24)25)20-6-8-21(9-7-20)16(23)15-11-22(18(26)27-15)14-4-2-13(10-19)3-5-14/h2-5,12,15H,6-11,19H2,1H3,(H,24,25). The van der Waals surface area contributed by atoms with Crippen LogP contribution < -0.4 is 10.6 Å². The number of cyclic esters (lactones) is 1. The van der Waals surface area contributed by atoms with Gasteiger partial charge in [-0.2, -0.15) is 0 Å². The molecular formula is C18H24N4O5. The first kappa shape index (κ1) is 19.1. The van der Waals surface area contributed by atoms with Gasteiger partial charge < -0.3 is 20.5 Å². The van der Waals surface area contributed by atoms with Gasteiger partial charge in [0.05, 0.1) is 6.54 Å². The van der Waals surface area contributed by atoms with Crippen molar-refractivity contribution in [2.45, 2.75) is 25.6 Å². The van der Waals surface area contributed by atoms with E-state index < -0.39 is 24.2 Å². The summed E-state index contributed by atoms with van der Waals surface area (Å²) < 4.78 is 5.28. The molecule has 2 atom stereocenters. The van der Waals surface area contributed by atoms with Crippen LogP contribution in [0.2, 0.25) is 0 Å². The summed E-state index contributed by atoms with van der Waals surface area (Å²) in [7, 11) is 0. The zero-order valence-electron chi connectivity index (χ0n) is 15.2. The second-order valence-corrected chi connectivity index (χ2v) is 6.73. The number of amides is 2. The molecule has 27 heavy (non-hydrogen) atoms. The van der Waals surface area contributed by atoms with E-state index in [4.69, 9.17) is 15.6 Å². The van der Waals surface area contributed by atoms with E-state index in [2.05, 4.69) is 0 Å². The number of carboxylic acids is 1. The number of rotatable bonds is 5. The largest absolute Gasteiger partial charge is 0.480 e. The van der Waals surface area contributed by atoms with Gasteiger partial charge in [-0.1, -0.05) is 12.1 Å². The van der Waals surface area contributed by atoms with Gasteiger partial charge in [0.2, 0.25) is 0 Å². The average Bonchev–Trinajstić information content (AvgIpc) is 3.08. The molecule has 2 aliphatic heterocycles. The molecule has 2 amide bonds. The Bertz CT molecular complexity index is 715. The molecule has 9 heteroatoms. The van der Waals surface area contributed by atoms with Crippen LogP contribution in [0.4, 0.5) is 10.5 Å². The summed E-state index contributed by atoms with van der Waals surface area (Å²) in [6.07, 6.45) is -1.40. The third kappa shape index (κ3) is 4.04. The van der Waals surface area contributed by atoms with E-state index in [1.165, 1.54) is 4.90 Å². The van der Waals surface area contributed by atoms with Gasteiger partial charge in [0.1, 0.15) is 6.04 Å². The number of nitrogens with zero attached hydrogens (tertiary/aromatic N) is 3. The normalized spacial score (nSPS) is 21.9. The Morgan fingerprint density at radius 3 is 2.41 bits per heavy atom. The number of hydrogen-bond donors (Lipinski definition) is 2. The first-order chi connectivity index (χ1) is 12.9. The molecule has 0 radical (unpaired) electrons. The summed E-state index contributed by atoms with van der Waals surface area (Å²) in [5.74, 6) is -1.12. The summed E-state index contributed by atoms with van der Waals surface area (Å²) in [6.45, 7) is 3.98. The van der Waals surface area contributed by atoms with Crippen molar-refractivity contribution < 1.29 is 24.2 Å². The van der Waals surface area contributed by atoms with Crippen molar-refractivity contribution in [2.24, 2.45) is 5.73 Å². The molecule has 2 unspecified atom stereocenters. The molecule has 146 valence electrons. The van der Waals surface area contributed by atoms with Crippen LogP contribution in [0, 0.1) is 0 Å². The lowest BCUT2D eigenvalue weighted by molar-refractivity contribution is -0.145. The highest BCUT2D eigenvalue weighted by molar-refractivity contribution is 5.95. The molecule has 0 aromatic heterocycles. The van der Waals surface area contributed by atoms with Gasteiger partial charge in [-0.3, -0.25) is 19.4 Å². The van der Waals surface area contributed by atoms with E-state index in [1.54, 1.807) is 24.0 Å². The quantitative estimate of drug-likeness (QED) is 0.748. The Morgan fingerprint density at radius 2 is 1.85 bits per heavy atom. The highest BCUT2D eigenvalue weighted by Gasteiger charge is 2.40. The number of anilines is 1. The molecular weight excluding hydrogens is 352 g/mol. The fourth-order valence-electron chi connectivity index (χ4n) is 3.30. The summed E-state index contributed by atoms with van der Waals surface area (Å²) in [5, 5.41) is 9.09. The fraction of sp³-hybridized carbons (Fsp3) is 0.500. The molecule has 0 spiro atoms. The number of carboxylic acid groups (broad SMARTS) is 1. The number of piperazine rings is 1. The highest BCUT2D eigenvalue weighted by Crippen LogP contribution is 2.23. The summed E-state index contributed by atoms with van der Waals surface area (Å²) in [5.41, 5.74) is 7.19. The number of nitrogens with two attached hydrogens (primary N) is 1. The van der Waals surface area contributed by atoms with Crippen molar-refractivity contribution in [3.8, 4) is 0 Å². The SMILES string of the molecule is CC(C(=O)O)N1CCN(C(=O)C2CN(c3ccc(CN)cc3)C(=O)O2)CC1. The smallest absolute Gasteiger partial charge is 0.415 e. The Kier molecular flexibility index (Phi) is 5.62. The lowest BCUT2D eigenvalue weighted by Crippen LogP contribution is -2.55. The maximum atomic E-state index is 12.7. The third-order valence-corrected chi connectivity index (χ3v) is 5.10. The van der Waals surface area contributed by atoms with E-state index in [9.17, 15) is 14.4 Å². The predicted octanol–water partition coefficient (Wildman–Crippen LogP) is 0.0878. The van der Waals surface area contributed by atoms with Crippen LogP contribution in [-0.4, -0.2) is 77.7 Å². The van der Waals surface area contributed by atoms with Crippen LogP contribution in [0.15, 0.2) is 24.3 Å². The topological polar surface area (TPSA) is 116 Å². The van der Waals surface area contributed by atoms with E-state index in [0.717, 1.165) is 5.56 Å². The van der Waals surface area contributed by atoms with E-state index in [-0.39, 0.29) is 12.5 Å². The first-order valence-corrected chi connectivity index (χ1v) is 8.93. The second-order valence-electron chi connectivity index (χ2n) is 6.73. The zero-order valence-corrected chi connectivity index (χ0v) is 15.2. The molecule has 3 N–H and O–H groups in total. The van der Waals surface area contributed by atoms with E-state index in [1.807, 2.05) is 17.0 Å². The van der Waals surface area contributed by atoms with Gasteiger partial charge in [0.15, 0.2) is 6.10 Å². The minimum absolute atomic E-state index is 0.158. The lowest BCUT2D eigenvalue weighted by Gasteiger charge is -2.37. The van der Waals surface area contributed by atoms with E-state index in [0.29, 0.717) is 38.4 Å². The molecule has 3 rings (SSSR count). The molecule has 9 nitrogen and oxygen atoms in total. The molecule has 2 heterocycles. The number of ether oxygens (including phenoxy) is 1. The lowest BCUT2D eigenvalue weighted by atomic mass is 10.2. The van der Waals surface area contributed by atoms with Crippen molar-refractivity contribution in [1.29, 1.82) is 0 Å². The van der Waals surface area contributed by atoms with Crippen LogP contribution in [0.5, 0.6) is 0 Å². The van der Waals surface area contributed by atoms with Crippen LogP contribution in [0.25, 0.3) is 0 Å². The minimum Gasteiger partial charge on any atom is -0.480 e. The number of hydrogen-bond acceptors (Lipinski definition) is 6. The molecule has 2 aliphatic rings. The molecule has 2 saturated heterocycles. The van der Waals surface area contributed by atoms with Crippen molar-refractivity contribution in [3.05, 3.63) is 29.8 Å². The maximum absolute atomic E-state index is 12.7. The van der Waals surface area contributed by atoms with Gasteiger partial charge in [-0.05, 0) is 24.6 Å². The van der Waals surface area contributed by atoms with Crippen LogP contribution in [0.1, 0.15) is 12.5 Å². The first-order valence-electron chi connectivity index (χ1n) is 8.93. The predicted molar refractivity (Wildman–Crippen MR) is 97.2 cm³/mol. The van der Waals surface area contributed by atoms with Crippen molar-refractivity contribution in [2.75, 3.05) is 37.6 Å². The number of benzene rings is 1. The van der Waals surface area contributed by atoms with Crippen LogP contribution in [-0.2, 0) is 20.9 Å². The number of aliphatic carboxylic acids is 1. The molecule has 2 fully saturated rings. The fourth-order valence-corrected chi connectivity index (χ4v) is 3.30. The summed E-state index contributed by atoms with van der Waals surface area (Å²) in [6, 6.07) is 6.64. The molecule has 1 aromatic carbocycles.